The van der Waals surface area contributed by atoms with Gasteiger partial charge in [-0.2, -0.15) is 0 Å². The molecule has 154 valence electrons. The van der Waals surface area contributed by atoms with E-state index >= 15 is 0 Å². The van der Waals surface area contributed by atoms with Crippen LogP contribution >= 0.6 is 24.0 Å². The van der Waals surface area contributed by atoms with Gasteiger partial charge in [-0.05, 0) is 24.1 Å². The predicted octanol–water partition coefficient (Wildman–Crippen LogP) is 1.86. The molecule has 0 unspecified atom stereocenters. The number of nitrogens with zero attached hydrogens (tertiary/aromatic N) is 2. The Hall–Kier alpha value is -1.10. The van der Waals surface area contributed by atoms with Gasteiger partial charge in [0.25, 0.3) is 0 Å². The Morgan fingerprint density at radius 3 is 2.52 bits per heavy atom. The first-order valence-electron chi connectivity index (χ1n) is 9.26. The van der Waals surface area contributed by atoms with Gasteiger partial charge >= 0.3 is 0 Å². The molecule has 1 aromatic carbocycles. The van der Waals surface area contributed by atoms with Crippen molar-refractivity contribution >= 4 is 35.6 Å². The number of rotatable bonds is 10. The molecule has 1 aliphatic rings. The van der Waals surface area contributed by atoms with E-state index in [-0.39, 0.29) is 24.0 Å². The third-order valence-corrected chi connectivity index (χ3v) is 4.19. The molecule has 0 aromatic heterocycles. The number of anilines is 1. The monoisotopic (exact) mass is 492 g/mol. The molecule has 1 saturated heterocycles. The summed E-state index contributed by atoms with van der Waals surface area (Å²) in [5.41, 5.74) is 2.49. The summed E-state index contributed by atoms with van der Waals surface area (Å²) in [5.74, 6) is 0.805. The van der Waals surface area contributed by atoms with Crippen LogP contribution in [0.5, 0.6) is 0 Å². The van der Waals surface area contributed by atoms with E-state index in [9.17, 15) is 0 Å². The van der Waals surface area contributed by atoms with Crippen molar-refractivity contribution < 1.29 is 14.2 Å². The number of guanidine groups is 1. The zero-order chi connectivity index (χ0) is 18.5. The van der Waals surface area contributed by atoms with E-state index in [1.54, 1.807) is 14.2 Å². The fourth-order valence-corrected chi connectivity index (χ4v) is 2.68. The predicted molar refractivity (Wildman–Crippen MR) is 120 cm³/mol. The third kappa shape index (κ3) is 9.59. The highest BCUT2D eigenvalue weighted by Gasteiger charge is 2.10. The maximum atomic E-state index is 5.44. The Kier molecular flexibility index (Phi) is 13.2. The van der Waals surface area contributed by atoms with Crippen LogP contribution in [0.25, 0.3) is 0 Å². The summed E-state index contributed by atoms with van der Waals surface area (Å²) in [6.07, 6.45) is 0.929. The number of morpholine rings is 1. The minimum absolute atomic E-state index is 0. The highest BCUT2D eigenvalue weighted by atomic mass is 127. The molecule has 8 heteroatoms. The lowest BCUT2D eigenvalue weighted by atomic mass is 10.2. The molecule has 1 heterocycles. The first kappa shape index (κ1) is 23.9. The van der Waals surface area contributed by atoms with E-state index in [2.05, 4.69) is 44.8 Å². The first-order chi connectivity index (χ1) is 12.8. The molecule has 1 aliphatic heterocycles. The van der Waals surface area contributed by atoms with Gasteiger partial charge in [-0.25, -0.2) is 0 Å². The average Bonchev–Trinajstić information content (AvgIpc) is 2.70. The molecule has 2 rings (SSSR count). The van der Waals surface area contributed by atoms with Gasteiger partial charge in [-0.3, -0.25) is 4.99 Å². The second-order valence-corrected chi connectivity index (χ2v) is 6.08. The molecule has 0 bridgehead atoms. The summed E-state index contributed by atoms with van der Waals surface area (Å²) in [6, 6.07) is 8.68. The normalized spacial score (nSPS) is 14.6. The number of benzene rings is 1. The van der Waals surface area contributed by atoms with Crippen LogP contribution < -0.4 is 15.5 Å². The van der Waals surface area contributed by atoms with E-state index in [1.165, 1.54) is 11.3 Å². The van der Waals surface area contributed by atoms with Crippen molar-refractivity contribution in [3.8, 4) is 0 Å². The van der Waals surface area contributed by atoms with Gasteiger partial charge in [-0.15, -0.1) is 24.0 Å². The number of methoxy groups -OCH3 is 1. The summed E-state index contributed by atoms with van der Waals surface area (Å²) in [4.78, 5) is 6.61. The number of aliphatic imine (C=N–C) groups is 1. The van der Waals surface area contributed by atoms with E-state index in [0.29, 0.717) is 13.2 Å². The zero-order valence-electron chi connectivity index (χ0n) is 16.4. The van der Waals surface area contributed by atoms with Gasteiger partial charge in [0.05, 0.1) is 26.4 Å². The van der Waals surface area contributed by atoms with Crippen LogP contribution in [0, 0.1) is 0 Å². The molecule has 0 spiro atoms. The van der Waals surface area contributed by atoms with Crippen LogP contribution in [0.15, 0.2) is 29.3 Å². The lowest BCUT2D eigenvalue weighted by Gasteiger charge is -2.28. The van der Waals surface area contributed by atoms with Gasteiger partial charge in [0, 0.05) is 52.6 Å². The number of halogens is 1. The van der Waals surface area contributed by atoms with Crippen molar-refractivity contribution in [3.63, 3.8) is 0 Å². The smallest absolute Gasteiger partial charge is 0.191 e. The molecule has 0 radical (unpaired) electrons. The minimum atomic E-state index is 0. The summed E-state index contributed by atoms with van der Waals surface area (Å²) >= 11 is 0. The van der Waals surface area contributed by atoms with Crippen LogP contribution in [0.2, 0.25) is 0 Å². The number of ether oxygens (including phenoxy) is 3. The second-order valence-electron chi connectivity index (χ2n) is 6.08. The lowest BCUT2D eigenvalue weighted by Crippen LogP contribution is -2.37. The molecule has 27 heavy (non-hydrogen) atoms. The maximum Gasteiger partial charge on any atom is 0.191 e. The lowest BCUT2D eigenvalue weighted by molar-refractivity contribution is 0.0698. The van der Waals surface area contributed by atoms with Crippen molar-refractivity contribution in [2.24, 2.45) is 4.99 Å². The molecule has 0 atom stereocenters. The Morgan fingerprint density at radius 2 is 1.85 bits per heavy atom. The highest BCUT2D eigenvalue weighted by Crippen LogP contribution is 2.16. The molecule has 0 saturated carbocycles. The van der Waals surface area contributed by atoms with Gasteiger partial charge in [0.15, 0.2) is 5.96 Å². The highest BCUT2D eigenvalue weighted by molar-refractivity contribution is 14.0. The zero-order valence-corrected chi connectivity index (χ0v) is 18.7. The second kappa shape index (κ2) is 14.9. The Labute approximate surface area is 179 Å². The Morgan fingerprint density at radius 1 is 1.11 bits per heavy atom. The van der Waals surface area contributed by atoms with Crippen LogP contribution in [0.4, 0.5) is 5.69 Å². The molecule has 1 fully saturated rings. The fraction of sp³-hybridized carbons (Fsp3) is 0.632. The van der Waals surface area contributed by atoms with Crippen LogP contribution in [-0.2, 0) is 20.8 Å². The van der Waals surface area contributed by atoms with Crippen molar-refractivity contribution in [3.05, 3.63) is 29.8 Å². The van der Waals surface area contributed by atoms with Gasteiger partial charge in [0.1, 0.15) is 0 Å². The molecule has 7 nitrogen and oxygen atoms in total. The Balaban J connectivity index is 0.00000364. The topological polar surface area (TPSA) is 67.4 Å². The number of nitrogens with one attached hydrogen (secondary N) is 2. The molecular formula is C19H33IN4O3. The van der Waals surface area contributed by atoms with Crippen molar-refractivity contribution in [2.45, 2.75) is 13.0 Å². The molecule has 2 N–H and O–H groups in total. The summed E-state index contributed by atoms with van der Waals surface area (Å²) in [6.45, 7) is 7.11. The van der Waals surface area contributed by atoms with Crippen LogP contribution in [-0.4, -0.2) is 72.8 Å². The number of hydrogen-bond acceptors (Lipinski definition) is 5. The average molecular weight is 492 g/mol. The van der Waals surface area contributed by atoms with Gasteiger partial charge in [0.2, 0.25) is 0 Å². The van der Waals surface area contributed by atoms with E-state index in [0.717, 1.165) is 58.4 Å². The SMILES string of the molecule is CN=C(NCCCOCCOC)NCc1ccc(N2CCOCC2)cc1.I. The van der Waals surface area contributed by atoms with Crippen molar-refractivity contribution in [1.29, 1.82) is 0 Å². The van der Waals surface area contributed by atoms with Gasteiger partial charge in [-0.1, -0.05) is 12.1 Å². The fourth-order valence-electron chi connectivity index (χ4n) is 2.68. The van der Waals surface area contributed by atoms with E-state index < -0.39 is 0 Å². The summed E-state index contributed by atoms with van der Waals surface area (Å²) in [7, 11) is 3.46. The molecule has 0 amide bonds. The standard InChI is InChI=1S/C19H32N4O3.HI/c1-20-19(21-8-3-11-25-15-14-24-2)22-16-17-4-6-18(7-5-17)23-9-12-26-13-10-23;/h4-7H,3,8-16H2,1-2H3,(H2,20,21,22);1H. The number of hydrogen-bond donors (Lipinski definition) is 2. The Bertz CT molecular complexity index is 522. The minimum Gasteiger partial charge on any atom is -0.382 e. The van der Waals surface area contributed by atoms with Gasteiger partial charge < -0.3 is 29.7 Å². The third-order valence-electron chi connectivity index (χ3n) is 4.19. The van der Waals surface area contributed by atoms with E-state index in [1.807, 2.05) is 0 Å². The van der Waals surface area contributed by atoms with E-state index in [4.69, 9.17) is 14.2 Å². The van der Waals surface area contributed by atoms with Crippen LogP contribution in [0.1, 0.15) is 12.0 Å². The molecule has 1 aromatic rings. The molecular weight excluding hydrogens is 459 g/mol. The van der Waals surface area contributed by atoms with Crippen molar-refractivity contribution in [2.75, 3.05) is 71.7 Å². The summed E-state index contributed by atoms with van der Waals surface area (Å²) in [5, 5.41) is 6.64. The quantitative estimate of drug-likeness (QED) is 0.225. The summed E-state index contributed by atoms with van der Waals surface area (Å²) < 4.78 is 15.8. The molecule has 0 aliphatic carbocycles. The first-order valence-corrected chi connectivity index (χ1v) is 9.26. The van der Waals surface area contributed by atoms with Crippen LogP contribution in [0.3, 0.4) is 0 Å². The largest absolute Gasteiger partial charge is 0.382 e. The van der Waals surface area contributed by atoms with Crippen molar-refractivity contribution in [1.82, 2.24) is 10.6 Å². The maximum absolute atomic E-state index is 5.44.